The average molecular weight is 311 g/mol. The number of amidine groups is 1. The second kappa shape index (κ2) is 8.56. The van der Waals surface area contributed by atoms with Gasteiger partial charge in [-0.1, -0.05) is 6.42 Å². The second-order valence-electron chi connectivity index (χ2n) is 5.09. The number of rotatable bonds is 4. The predicted octanol–water partition coefficient (Wildman–Crippen LogP) is 3.71. The number of benzene rings is 1. The number of hydrogen-bond acceptors (Lipinski definition) is 4. The normalized spacial score (nSPS) is 14.7. The van der Waals surface area contributed by atoms with Crippen LogP contribution in [0.2, 0.25) is 0 Å². The lowest BCUT2D eigenvalue weighted by Crippen LogP contribution is -2.20. The summed E-state index contributed by atoms with van der Waals surface area (Å²) in [5.41, 5.74) is 5.69. The smallest absolute Gasteiger partial charge is 0.138 e. The molecule has 0 amide bonds. The first-order valence-electron chi connectivity index (χ1n) is 6.82. The van der Waals surface area contributed by atoms with Gasteiger partial charge in [0, 0.05) is 23.2 Å². The van der Waals surface area contributed by atoms with E-state index in [1.54, 1.807) is 6.07 Å². The molecule has 0 spiro atoms. The Morgan fingerprint density at radius 3 is 2.62 bits per heavy atom. The van der Waals surface area contributed by atoms with Crippen LogP contribution in [0.1, 0.15) is 26.2 Å². The van der Waals surface area contributed by atoms with E-state index in [0.29, 0.717) is 4.90 Å². The van der Waals surface area contributed by atoms with Gasteiger partial charge in [0.2, 0.25) is 0 Å². The van der Waals surface area contributed by atoms with Crippen LogP contribution in [0.3, 0.4) is 0 Å². The van der Waals surface area contributed by atoms with Gasteiger partial charge < -0.3 is 16.2 Å². The molecule has 0 saturated heterocycles. The van der Waals surface area contributed by atoms with Crippen molar-refractivity contribution < 1.29 is 9.50 Å². The molecule has 0 unspecified atom stereocenters. The summed E-state index contributed by atoms with van der Waals surface area (Å²) >= 11 is 3.98. The van der Waals surface area contributed by atoms with Crippen LogP contribution in [0, 0.1) is 17.1 Å². The highest BCUT2D eigenvalue weighted by Gasteiger charge is 2.16. The monoisotopic (exact) mass is 311 g/mol. The summed E-state index contributed by atoms with van der Waals surface area (Å²) in [6, 6.07) is 5.05. The molecular weight excluding hydrogens is 289 g/mol. The Labute approximate surface area is 130 Å². The topological polar surface area (TPSA) is 82.1 Å². The fraction of sp³-hybridized carbons (Fsp3) is 0.400. The molecule has 5 N–H and O–H groups in total. The SMILES string of the molecule is C/C(O)=C/C(=N)N.Fc1cc(NCC2CCC2)ccc1S. The minimum absolute atomic E-state index is 0.0625. The molecule has 0 aromatic heterocycles. The summed E-state index contributed by atoms with van der Waals surface area (Å²) < 4.78 is 13.1. The standard InChI is InChI=1S/C11H14FNS.C4H8N2O/c12-10-6-9(4-5-11(10)14)13-7-8-2-1-3-8;1-3(7)2-4(5)6/h4-6,8,13-14H,1-3,7H2;2,7H,1H3,(H3,5,6)/b;3-2-. The highest BCUT2D eigenvalue weighted by Crippen LogP contribution is 2.26. The number of halogens is 1. The van der Waals surface area contributed by atoms with Crippen molar-refractivity contribution in [3.05, 3.63) is 35.9 Å². The number of nitrogens with two attached hydrogens (primary N) is 1. The number of aliphatic hydroxyl groups excluding tert-OH is 1. The minimum Gasteiger partial charge on any atom is -0.512 e. The zero-order valence-corrected chi connectivity index (χ0v) is 13.0. The lowest BCUT2D eigenvalue weighted by Gasteiger charge is -2.25. The fourth-order valence-corrected chi connectivity index (χ4v) is 1.94. The first kappa shape index (κ1) is 17.4. The van der Waals surface area contributed by atoms with Crippen molar-refractivity contribution in [2.75, 3.05) is 11.9 Å². The molecule has 1 aromatic carbocycles. The molecular formula is C15H22FN3OS. The summed E-state index contributed by atoms with van der Waals surface area (Å²) in [5.74, 6) is 0.466. The van der Waals surface area contributed by atoms with Crippen molar-refractivity contribution in [3.8, 4) is 0 Å². The lowest BCUT2D eigenvalue weighted by molar-refractivity contribution is 0.333. The van der Waals surface area contributed by atoms with Crippen LogP contribution >= 0.6 is 12.6 Å². The lowest BCUT2D eigenvalue weighted by atomic mass is 9.85. The van der Waals surface area contributed by atoms with Gasteiger partial charge in [0.1, 0.15) is 11.7 Å². The number of aliphatic hydroxyl groups is 1. The molecule has 0 radical (unpaired) electrons. The first-order valence-corrected chi connectivity index (χ1v) is 7.27. The molecule has 0 aliphatic heterocycles. The maximum absolute atomic E-state index is 13.1. The highest BCUT2D eigenvalue weighted by atomic mass is 32.1. The van der Waals surface area contributed by atoms with Crippen molar-refractivity contribution in [3.63, 3.8) is 0 Å². The molecule has 0 bridgehead atoms. The number of allylic oxidation sites excluding steroid dienone is 1. The van der Waals surface area contributed by atoms with E-state index >= 15 is 0 Å². The average Bonchev–Trinajstić information content (AvgIpc) is 2.30. The summed E-state index contributed by atoms with van der Waals surface area (Å²) in [5, 5.41) is 18.2. The van der Waals surface area contributed by atoms with Crippen molar-refractivity contribution >= 4 is 24.2 Å². The second-order valence-corrected chi connectivity index (χ2v) is 5.57. The van der Waals surface area contributed by atoms with E-state index in [-0.39, 0.29) is 17.4 Å². The number of nitrogens with one attached hydrogen (secondary N) is 2. The van der Waals surface area contributed by atoms with E-state index in [0.717, 1.165) is 18.2 Å². The Kier molecular flexibility index (Phi) is 7.08. The molecule has 116 valence electrons. The van der Waals surface area contributed by atoms with E-state index in [1.807, 2.05) is 6.07 Å². The van der Waals surface area contributed by atoms with Gasteiger partial charge >= 0.3 is 0 Å². The van der Waals surface area contributed by atoms with E-state index in [9.17, 15) is 4.39 Å². The van der Waals surface area contributed by atoms with Crippen molar-refractivity contribution in [2.45, 2.75) is 31.1 Å². The molecule has 1 aromatic rings. The van der Waals surface area contributed by atoms with E-state index < -0.39 is 0 Å². The Bertz CT molecular complexity index is 512. The Balaban J connectivity index is 0.000000270. The summed E-state index contributed by atoms with van der Waals surface area (Å²) in [6.45, 7) is 2.42. The zero-order valence-electron chi connectivity index (χ0n) is 12.1. The van der Waals surface area contributed by atoms with Gasteiger partial charge in [0.25, 0.3) is 0 Å². The molecule has 1 aliphatic carbocycles. The number of hydrogen-bond donors (Lipinski definition) is 5. The van der Waals surface area contributed by atoms with Gasteiger partial charge in [0.05, 0.1) is 5.76 Å². The molecule has 4 nitrogen and oxygen atoms in total. The highest BCUT2D eigenvalue weighted by molar-refractivity contribution is 7.80. The quantitative estimate of drug-likeness (QED) is 0.254. The summed E-state index contributed by atoms with van der Waals surface area (Å²) in [6.07, 6.45) is 5.12. The van der Waals surface area contributed by atoms with E-state index in [2.05, 4.69) is 17.9 Å². The van der Waals surface area contributed by atoms with Gasteiger partial charge in [0.15, 0.2) is 0 Å². The van der Waals surface area contributed by atoms with Crippen LogP contribution in [0.15, 0.2) is 34.9 Å². The molecule has 1 saturated carbocycles. The molecule has 0 heterocycles. The third-order valence-corrected chi connectivity index (χ3v) is 3.49. The molecule has 2 rings (SSSR count). The molecule has 1 aliphatic rings. The summed E-state index contributed by atoms with van der Waals surface area (Å²) in [7, 11) is 0. The van der Waals surface area contributed by atoms with Gasteiger partial charge in [-0.3, -0.25) is 5.41 Å². The zero-order chi connectivity index (χ0) is 15.8. The van der Waals surface area contributed by atoms with Crippen molar-refractivity contribution in [1.82, 2.24) is 0 Å². The van der Waals surface area contributed by atoms with E-state index in [4.69, 9.17) is 16.2 Å². The van der Waals surface area contributed by atoms with Crippen LogP contribution in [0.4, 0.5) is 10.1 Å². The maximum atomic E-state index is 13.1. The van der Waals surface area contributed by atoms with Gasteiger partial charge in [-0.15, -0.1) is 12.6 Å². The first-order chi connectivity index (χ1) is 9.88. The third-order valence-electron chi connectivity index (χ3n) is 3.13. The van der Waals surface area contributed by atoms with Crippen LogP contribution in [0.5, 0.6) is 0 Å². The van der Waals surface area contributed by atoms with Crippen molar-refractivity contribution in [1.29, 1.82) is 5.41 Å². The van der Waals surface area contributed by atoms with Gasteiger partial charge in [-0.25, -0.2) is 4.39 Å². The Morgan fingerprint density at radius 2 is 2.24 bits per heavy atom. The third kappa shape index (κ3) is 7.04. The number of thiol groups is 1. The van der Waals surface area contributed by atoms with Gasteiger partial charge in [-0.2, -0.15) is 0 Å². The number of anilines is 1. The maximum Gasteiger partial charge on any atom is 0.138 e. The molecule has 6 heteroatoms. The van der Waals surface area contributed by atoms with E-state index in [1.165, 1.54) is 38.3 Å². The van der Waals surface area contributed by atoms with Crippen LogP contribution in [-0.2, 0) is 0 Å². The van der Waals surface area contributed by atoms with Crippen LogP contribution in [-0.4, -0.2) is 17.5 Å². The summed E-state index contributed by atoms with van der Waals surface area (Å²) in [4.78, 5) is 0.402. The Hall–Kier alpha value is -1.69. The molecule has 1 fully saturated rings. The fourth-order valence-electron chi connectivity index (χ4n) is 1.80. The van der Waals surface area contributed by atoms with Gasteiger partial charge in [-0.05, 0) is 43.9 Å². The van der Waals surface area contributed by atoms with Crippen molar-refractivity contribution in [2.24, 2.45) is 11.7 Å². The molecule has 21 heavy (non-hydrogen) atoms. The van der Waals surface area contributed by atoms with Crippen LogP contribution in [0.25, 0.3) is 0 Å². The predicted molar refractivity (Wildman–Crippen MR) is 87.8 cm³/mol. The van der Waals surface area contributed by atoms with Crippen LogP contribution < -0.4 is 11.1 Å². The Morgan fingerprint density at radius 1 is 1.57 bits per heavy atom. The molecule has 0 atom stereocenters. The largest absolute Gasteiger partial charge is 0.512 e. The minimum atomic E-state index is -0.257.